The fraction of sp³-hybridized carbons (Fsp3) is 0.571. The summed E-state index contributed by atoms with van der Waals surface area (Å²) in [4.78, 5) is 2.19. The number of anilines is 1. The van der Waals surface area contributed by atoms with Gasteiger partial charge in [-0.15, -0.1) is 0 Å². The van der Waals surface area contributed by atoms with Crippen molar-refractivity contribution in [2.45, 2.75) is 33.7 Å². The third kappa shape index (κ3) is 3.19. The van der Waals surface area contributed by atoms with E-state index in [1.807, 2.05) is 19.9 Å². The smallest absolute Gasteiger partial charge is 0.130 e. The van der Waals surface area contributed by atoms with Crippen LogP contribution in [0, 0.1) is 5.82 Å². The van der Waals surface area contributed by atoms with E-state index in [0.29, 0.717) is 0 Å². The Kier molecular flexibility index (Phi) is 5.42. The zero-order valence-electron chi connectivity index (χ0n) is 11.3. The summed E-state index contributed by atoms with van der Waals surface area (Å²) >= 11 is 0. The normalized spacial score (nSPS) is 12.5. The first kappa shape index (κ1) is 14.0. The van der Waals surface area contributed by atoms with Crippen LogP contribution in [0.4, 0.5) is 10.1 Å². The van der Waals surface area contributed by atoms with Gasteiger partial charge in [0.1, 0.15) is 5.82 Å². The van der Waals surface area contributed by atoms with Crippen LogP contribution >= 0.6 is 0 Å². The van der Waals surface area contributed by atoms with Gasteiger partial charge in [0.2, 0.25) is 0 Å². The van der Waals surface area contributed by atoms with Crippen molar-refractivity contribution in [3.63, 3.8) is 0 Å². The minimum absolute atomic E-state index is 0.0387. The van der Waals surface area contributed by atoms with Gasteiger partial charge in [-0.25, -0.2) is 4.39 Å². The van der Waals surface area contributed by atoms with E-state index in [0.717, 1.165) is 30.9 Å². The number of benzene rings is 1. The molecule has 0 amide bonds. The maximum atomic E-state index is 14.0. The van der Waals surface area contributed by atoms with Crippen LogP contribution < -0.4 is 10.2 Å². The minimum atomic E-state index is -0.122. The van der Waals surface area contributed by atoms with Crippen molar-refractivity contribution in [3.8, 4) is 0 Å². The molecule has 0 aliphatic heterocycles. The molecule has 0 saturated heterocycles. The molecule has 0 radical (unpaired) electrons. The molecule has 0 aliphatic carbocycles. The highest BCUT2D eigenvalue weighted by Gasteiger charge is 2.17. The van der Waals surface area contributed by atoms with Gasteiger partial charge in [-0.1, -0.05) is 13.0 Å². The summed E-state index contributed by atoms with van der Waals surface area (Å²) in [7, 11) is 0. The summed E-state index contributed by atoms with van der Waals surface area (Å²) in [5.74, 6) is -0.122. The van der Waals surface area contributed by atoms with E-state index < -0.39 is 0 Å². The first-order valence-corrected chi connectivity index (χ1v) is 6.42. The first-order valence-electron chi connectivity index (χ1n) is 6.42. The van der Waals surface area contributed by atoms with Gasteiger partial charge in [0.25, 0.3) is 0 Å². The molecule has 2 nitrogen and oxygen atoms in total. The average molecular weight is 238 g/mol. The Bertz CT molecular complexity index is 348. The maximum absolute atomic E-state index is 14.0. The Morgan fingerprint density at radius 3 is 2.41 bits per heavy atom. The molecule has 96 valence electrons. The van der Waals surface area contributed by atoms with Gasteiger partial charge in [0.15, 0.2) is 0 Å². The van der Waals surface area contributed by atoms with Crippen molar-refractivity contribution in [3.05, 3.63) is 29.6 Å². The molecule has 1 unspecified atom stereocenters. The molecule has 0 heterocycles. The molecule has 0 aromatic heterocycles. The second kappa shape index (κ2) is 6.60. The first-order chi connectivity index (χ1) is 8.15. The Morgan fingerprint density at radius 2 is 1.88 bits per heavy atom. The van der Waals surface area contributed by atoms with E-state index in [-0.39, 0.29) is 11.9 Å². The van der Waals surface area contributed by atoms with E-state index in [1.165, 1.54) is 6.07 Å². The molecule has 0 saturated carbocycles. The monoisotopic (exact) mass is 238 g/mol. The molecule has 0 aliphatic rings. The van der Waals surface area contributed by atoms with Gasteiger partial charge >= 0.3 is 0 Å². The van der Waals surface area contributed by atoms with Gasteiger partial charge in [-0.05, 0) is 39.4 Å². The van der Waals surface area contributed by atoms with Crippen LogP contribution in [0.3, 0.4) is 0 Å². The third-order valence-corrected chi connectivity index (χ3v) is 3.08. The minimum Gasteiger partial charge on any atom is -0.372 e. The number of nitrogens with one attached hydrogen (secondary N) is 1. The second-order valence-electron chi connectivity index (χ2n) is 4.12. The third-order valence-electron chi connectivity index (χ3n) is 3.08. The van der Waals surface area contributed by atoms with Crippen LogP contribution in [0.2, 0.25) is 0 Å². The topological polar surface area (TPSA) is 15.3 Å². The lowest BCUT2D eigenvalue weighted by atomic mass is 10.0. The van der Waals surface area contributed by atoms with Crippen molar-refractivity contribution < 1.29 is 4.39 Å². The molecule has 1 atom stereocenters. The molecule has 1 aromatic rings. The molecule has 3 heteroatoms. The predicted octanol–water partition coefficient (Wildman–Crippen LogP) is 3.34. The van der Waals surface area contributed by atoms with E-state index in [1.54, 1.807) is 6.07 Å². The molecule has 0 fully saturated rings. The standard InChI is InChI=1S/C14H23FN2/c1-5-16-11(4)14-12(15)9-8-10-13(14)17(6-2)7-3/h8-11,16H,5-7H2,1-4H3. The van der Waals surface area contributed by atoms with Crippen molar-refractivity contribution in [1.82, 2.24) is 5.32 Å². The summed E-state index contributed by atoms with van der Waals surface area (Å²) < 4.78 is 14.0. The van der Waals surface area contributed by atoms with Gasteiger partial charge in [0.05, 0.1) is 0 Å². The maximum Gasteiger partial charge on any atom is 0.130 e. The largest absolute Gasteiger partial charge is 0.372 e. The Balaban J connectivity index is 3.15. The number of rotatable bonds is 6. The van der Waals surface area contributed by atoms with Gasteiger partial charge in [-0.3, -0.25) is 0 Å². The molecule has 17 heavy (non-hydrogen) atoms. The van der Waals surface area contributed by atoms with E-state index in [2.05, 4.69) is 24.1 Å². The molecule has 1 N–H and O–H groups in total. The zero-order chi connectivity index (χ0) is 12.8. The summed E-state index contributed by atoms with van der Waals surface area (Å²) in [5, 5.41) is 3.28. The van der Waals surface area contributed by atoms with Crippen LogP contribution in [-0.2, 0) is 0 Å². The van der Waals surface area contributed by atoms with E-state index in [9.17, 15) is 4.39 Å². The lowest BCUT2D eigenvalue weighted by Crippen LogP contribution is -2.27. The highest BCUT2D eigenvalue weighted by Crippen LogP contribution is 2.28. The molecule has 1 aromatic carbocycles. The Labute approximate surface area is 104 Å². The zero-order valence-corrected chi connectivity index (χ0v) is 11.3. The fourth-order valence-corrected chi connectivity index (χ4v) is 2.20. The number of halogens is 1. The Morgan fingerprint density at radius 1 is 1.24 bits per heavy atom. The summed E-state index contributed by atoms with van der Waals surface area (Å²) in [5.41, 5.74) is 1.78. The lowest BCUT2D eigenvalue weighted by molar-refractivity contribution is 0.539. The highest BCUT2D eigenvalue weighted by atomic mass is 19.1. The number of hydrogen-bond donors (Lipinski definition) is 1. The summed E-state index contributed by atoms with van der Waals surface area (Å²) in [6.07, 6.45) is 0. The van der Waals surface area contributed by atoms with E-state index >= 15 is 0 Å². The molecule has 0 bridgehead atoms. The quantitative estimate of drug-likeness (QED) is 0.817. The number of hydrogen-bond acceptors (Lipinski definition) is 2. The lowest BCUT2D eigenvalue weighted by Gasteiger charge is -2.27. The van der Waals surface area contributed by atoms with Crippen LogP contribution in [0.25, 0.3) is 0 Å². The molecular weight excluding hydrogens is 215 g/mol. The van der Waals surface area contributed by atoms with Gasteiger partial charge in [-0.2, -0.15) is 0 Å². The van der Waals surface area contributed by atoms with Gasteiger partial charge < -0.3 is 10.2 Å². The Hall–Kier alpha value is -1.09. The number of nitrogens with zero attached hydrogens (tertiary/aromatic N) is 1. The molecular formula is C14H23FN2. The summed E-state index contributed by atoms with van der Waals surface area (Å²) in [6, 6.07) is 5.36. The van der Waals surface area contributed by atoms with Crippen LogP contribution in [0.1, 0.15) is 39.3 Å². The fourth-order valence-electron chi connectivity index (χ4n) is 2.20. The molecule has 0 spiro atoms. The SMILES string of the molecule is CCNC(C)c1c(F)cccc1N(CC)CC. The van der Waals surface area contributed by atoms with Crippen molar-refractivity contribution >= 4 is 5.69 Å². The van der Waals surface area contributed by atoms with Crippen LogP contribution in [0.15, 0.2) is 18.2 Å². The average Bonchev–Trinajstić information content (AvgIpc) is 2.31. The summed E-state index contributed by atoms with van der Waals surface area (Å²) in [6.45, 7) is 10.9. The van der Waals surface area contributed by atoms with Gasteiger partial charge in [0, 0.05) is 30.4 Å². The predicted molar refractivity (Wildman–Crippen MR) is 72.1 cm³/mol. The van der Waals surface area contributed by atoms with Crippen LogP contribution in [-0.4, -0.2) is 19.6 Å². The molecule has 1 rings (SSSR count). The van der Waals surface area contributed by atoms with Crippen molar-refractivity contribution in [1.29, 1.82) is 0 Å². The van der Waals surface area contributed by atoms with Crippen LogP contribution in [0.5, 0.6) is 0 Å². The van der Waals surface area contributed by atoms with E-state index in [4.69, 9.17) is 0 Å². The second-order valence-corrected chi connectivity index (χ2v) is 4.12. The van der Waals surface area contributed by atoms with Crippen molar-refractivity contribution in [2.24, 2.45) is 0 Å². The highest BCUT2D eigenvalue weighted by molar-refractivity contribution is 5.55. The van der Waals surface area contributed by atoms with Crippen molar-refractivity contribution in [2.75, 3.05) is 24.5 Å².